The Balaban J connectivity index is 1.87. The summed E-state index contributed by atoms with van der Waals surface area (Å²) >= 11 is 0. The van der Waals surface area contributed by atoms with E-state index in [-0.39, 0.29) is 11.8 Å². The molecule has 2 rings (SSSR count). The first-order valence-corrected chi connectivity index (χ1v) is 7.21. The molecule has 4 heteroatoms. The second-order valence-electron chi connectivity index (χ2n) is 5.44. The lowest BCUT2D eigenvalue weighted by Gasteiger charge is -2.20. The van der Waals surface area contributed by atoms with Gasteiger partial charge in [0.25, 0.3) is 0 Å². The van der Waals surface area contributed by atoms with Crippen LogP contribution in [0.2, 0.25) is 0 Å². The predicted molar refractivity (Wildman–Crippen MR) is 75.7 cm³/mol. The van der Waals surface area contributed by atoms with Crippen molar-refractivity contribution in [2.24, 2.45) is 5.92 Å². The largest absolute Gasteiger partial charge is 0.469 e. The fourth-order valence-electron chi connectivity index (χ4n) is 2.77. The number of ether oxygens (including phenoxy) is 1. The van der Waals surface area contributed by atoms with Crippen LogP contribution in [0.15, 0.2) is 24.3 Å². The highest BCUT2D eigenvalue weighted by molar-refractivity contribution is 5.69. The molecule has 0 spiro atoms. The smallest absolute Gasteiger partial charge is 0.305 e. The highest BCUT2D eigenvalue weighted by Crippen LogP contribution is 2.22. The highest BCUT2D eigenvalue weighted by Gasteiger charge is 2.20. The van der Waals surface area contributed by atoms with E-state index in [9.17, 15) is 9.18 Å². The van der Waals surface area contributed by atoms with Crippen molar-refractivity contribution >= 4 is 5.97 Å². The van der Waals surface area contributed by atoms with Gasteiger partial charge < -0.3 is 4.74 Å². The third-order valence-electron chi connectivity index (χ3n) is 3.98. The van der Waals surface area contributed by atoms with Crippen molar-refractivity contribution in [1.82, 2.24) is 4.90 Å². The van der Waals surface area contributed by atoms with Crippen molar-refractivity contribution in [3.8, 4) is 0 Å². The standard InChI is InChI=1S/C16H22FNO2/c1-20-16(19)11-13-5-4-9-18(10-8-13)12-14-6-2-3-7-15(14)17/h2-3,6-7,13H,4-5,8-12H2,1H3/t13-/m0/s1. The summed E-state index contributed by atoms with van der Waals surface area (Å²) in [7, 11) is 1.43. The normalized spacial score (nSPS) is 20.4. The van der Waals surface area contributed by atoms with Gasteiger partial charge in [-0.25, -0.2) is 4.39 Å². The van der Waals surface area contributed by atoms with Crippen LogP contribution in [0.5, 0.6) is 0 Å². The number of nitrogens with zero attached hydrogens (tertiary/aromatic N) is 1. The van der Waals surface area contributed by atoms with Gasteiger partial charge >= 0.3 is 5.97 Å². The summed E-state index contributed by atoms with van der Waals surface area (Å²) in [6.45, 7) is 2.53. The van der Waals surface area contributed by atoms with Gasteiger partial charge in [-0.3, -0.25) is 9.69 Å². The van der Waals surface area contributed by atoms with E-state index in [1.807, 2.05) is 12.1 Å². The van der Waals surface area contributed by atoms with Crippen molar-refractivity contribution in [1.29, 1.82) is 0 Å². The van der Waals surface area contributed by atoms with E-state index in [0.29, 0.717) is 18.9 Å². The molecule has 1 heterocycles. The molecule has 0 radical (unpaired) electrons. The molecule has 1 aliphatic rings. The van der Waals surface area contributed by atoms with Crippen molar-refractivity contribution in [3.63, 3.8) is 0 Å². The molecule has 0 bridgehead atoms. The van der Waals surface area contributed by atoms with E-state index in [0.717, 1.165) is 37.9 Å². The number of esters is 1. The molecule has 0 unspecified atom stereocenters. The van der Waals surface area contributed by atoms with E-state index in [4.69, 9.17) is 4.74 Å². The van der Waals surface area contributed by atoms with Crippen molar-refractivity contribution < 1.29 is 13.9 Å². The zero-order valence-electron chi connectivity index (χ0n) is 12.0. The minimum atomic E-state index is -0.136. The molecule has 110 valence electrons. The zero-order chi connectivity index (χ0) is 14.4. The number of rotatable bonds is 4. The SMILES string of the molecule is COC(=O)C[C@H]1CCCN(Cc2ccccc2F)CC1. The van der Waals surface area contributed by atoms with Crippen LogP contribution in [0, 0.1) is 11.7 Å². The topological polar surface area (TPSA) is 29.5 Å². The van der Waals surface area contributed by atoms with Gasteiger partial charge in [-0.1, -0.05) is 18.2 Å². The summed E-state index contributed by atoms with van der Waals surface area (Å²) in [6.07, 6.45) is 3.58. The van der Waals surface area contributed by atoms with Gasteiger partial charge in [0.2, 0.25) is 0 Å². The maximum atomic E-state index is 13.7. The first-order chi connectivity index (χ1) is 9.69. The fourth-order valence-corrected chi connectivity index (χ4v) is 2.77. The Morgan fingerprint density at radius 2 is 2.15 bits per heavy atom. The maximum Gasteiger partial charge on any atom is 0.305 e. The molecule has 0 aromatic heterocycles. The van der Waals surface area contributed by atoms with Crippen molar-refractivity contribution in [2.45, 2.75) is 32.2 Å². The molecule has 0 saturated carbocycles. The van der Waals surface area contributed by atoms with E-state index in [1.54, 1.807) is 6.07 Å². The van der Waals surface area contributed by atoms with Gasteiger partial charge in [-0.15, -0.1) is 0 Å². The molecule has 1 atom stereocenters. The number of carbonyl (C=O) groups is 1. The van der Waals surface area contributed by atoms with Crippen LogP contribution in [0.3, 0.4) is 0 Å². The first-order valence-electron chi connectivity index (χ1n) is 7.21. The summed E-state index contributed by atoms with van der Waals surface area (Å²) in [5.74, 6) is 0.133. The molecule has 1 aromatic carbocycles. The summed E-state index contributed by atoms with van der Waals surface area (Å²) in [4.78, 5) is 13.6. The molecule has 1 saturated heterocycles. The third kappa shape index (κ3) is 4.30. The van der Waals surface area contributed by atoms with Crippen LogP contribution >= 0.6 is 0 Å². The average molecular weight is 279 g/mol. The minimum Gasteiger partial charge on any atom is -0.469 e. The lowest BCUT2D eigenvalue weighted by Crippen LogP contribution is -2.25. The Bertz CT molecular complexity index is 450. The van der Waals surface area contributed by atoms with Gasteiger partial charge in [0.1, 0.15) is 5.82 Å². The van der Waals surface area contributed by atoms with E-state index in [1.165, 1.54) is 13.2 Å². The molecule has 1 aromatic rings. The number of hydrogen-bond donors (Lipinski definition) is 0. The summed E-state index contributed by atoms with van der Waals surface area (Å²) in [5, 5.41) is 0. The Labute approximate surface area is 119 Å². The second-order valence-corrected chi connectivity index (χ2v) is 5.44. The van der Waals surface area contributed by atoms with E-state index >= 15 is 0 Å². The van der Waals surface area contributed by atoms with Crippen molar-refractivity contribution in [3.05, 3.63) is 35.6 Å². The lowest BCUT2D eigenvalue weighted by molar-refractivity contribution is -0.141. The molecule has 1 aliphatic heterocycles. The Kier molecular flexibility index (Phi) is 5.53. The first kappa shape index (κ1) is 15.0. The number of halogens is 1. The summed E-state index contributed by atoms with van der Waals surface area (Å²) in [5.41, 5.74) is 0.749. The monoisotopic (exact) mass is 279 g/mol. The number of hydrogen-bond acceptors (Lipinski definition) is 3. The number of methoxy groups -OCH3 is 1. The van der Waals surface area contributed by atoms with E-state index < -0.39 is 0 Å². The minimum absolute atomic E-state index is 0.127. The van der Waals surface area contributed by atoms with Crippen LogP contribution in [0.25, 0.3) is 0 Å². The molecular weight excluding hydrogens is 257 g/mol. The number of benzene rings is 1. The van der Waals surface area contributed by atoms with Gasteiger partial charge in [0.15, 0.2) is 0 Å². The van der Waals surface area contributed by atoms with Crippen LogP contribution in [0.1, 0.15) is 31.2 Å². The van der Waals surface area contributed by atoms with Crippen LogP contribution in [-0.2, 0) is 16.1 Å². The third-order valence-corrected chi connectivity index (χ3v) is 3.98. The summed E-state index contributed by atoms with van der Waals surface area (Å²) in [6, 6.07) is 6.93. The Morgan fingerprint density at radius 3 is 2.90 bits per heavy atom. The van der Waals surface area contributed by atoms with Gasteiger partial charge in [0, 0.05) is 18.5 Å². The second kappa shape index (κ2) is 7.39. The van der Waals surface area contributed by atoms with Gasteiger partial charge in [0.05, 0.1) is 7.11 Å². The molecule has 0 N–H and O–H groups in total. The Morgan fingerprint density at radius 1 is 1.35 bits per heavy atom. The molecule has 20 heavy (non-hydrogen) atoms. The van der Waals surface area contributed by atoms with Gasteiger partial charge in [-0.05, 0) is 44.3 Å². The fraction of sp³-hybridized carbons (Fsp3) is 0.562. The van der Waals surface area contributed by atoms with Crippen molar-refractivity contribution in [2.75, 3.05) is 20.2 Å². The number of carbonyl (C=O) groups excluding carboxylic acids is 1. The lowest BCUT2D eigenvalue weighted by atomic mass is 9.97. The quantitative estimate of drug-likeness (QED) is 0.794. The summed E-state index contributed by atoms with van der Waals surface area (Å²) < 4.78 is 18.4. The zero-order valence-corrected chi connectivity index (χ0v) is 12.0. The van der Waals surface area contributed by atoms with Crippen LogP contribution in [0.4, 0.5) is 4.39 Å². The molecule has 0 aliphatic carbocycles. The molecular formula is C16H22FNO2. The predicted octanol–water partition coefficient (Wildman–Crippen LogP) is 2.99. The number of likely N-dealkylation sites (tertiary alicyclic amines) is 1. The van der Waals surface area contributed by atoms with Crippen LogP contribution in [-0.4, -0.2) is 31.1 Å². The highest BCUT2D eigenvalue weighted by atomic mass is 19.1. The molecule has 0 amide bonds. The average Bonchev–Trinajstić information content (AvgIpc) is 2.67. The van der Waals surface area contributed by atoms with E-state index in [2.05, 4.69) is 4.90 Å². The molecule has 3 nitrogen and oxygen atoms in total. The van der Waals surface area contributed by atoms with Crippen LogP contribution < -0.4 is 0 Å². The maximum absolute atomic E-state index is 13.7. The van der Waals surface area contributed by atoms with Gasteiger partial charge in [-0.2, -0.15) is 0 Å². The Hall–Kier alpha value is -1.42. The molecule has 1 fully saturated rings.